The number of hydrogen-bond acceptors (Lipinski definition) is 7. The summed E-state index contributed by atoms with van der Waals surface area (Å²) in [5.74, 6) is 2.07. The van der Waals surface area contributed by atoms with Crippen LogP contribution in [0.4, 0.5) is 0 Å². The summed E-state index contributed by atoms with van der Waals surface area (Å²) in [6.07, 6.45) is 1.68. The third kappa shape index (κ3) is 2.65. The van der Waals surface area contributed by atoms with Crippen LogP contribution in [-0.2, 0) is 0 Å². The average molecular weight is 393 g/mol. The maximum Gasteiger partial charge on any atom is 0.232 e. The number of ether oxygens (including phenoxy) is 3. The molecule has 4 aromatic rings. The second kappa shape index (κ2) is 6.31. The normalized spacial score (nSPS) is 15.9. The highest BCUT2D eigenvalue weighted by Gasteiger charge is 2.24. The minimum Gasteiger partial charge on any atom is -0.484 e. The molecule has 0 N–H and O–H groups in total. The lowest BCUT2D eigenvalue weighted by Crippen LogP contribution is -2.25. The summed E-state index contributed by atoms with van der Waals surface area (Å²) in [5.41, 5.74) is 5.66. The lowest BCUT2D eigenvalue weighted by molar-refractivity contribution is 0.106. The van der Waals surface area contributed by atoms with Crippen LogP contribution in [0.25, 0.3) is 31.8 Å². The smallest absolute Gasteiger partial charge is 0.232 e. The predicted molar refractivity (Wildman–Crippen MR) is 110 cm³/mol. The molecule has 0 spiro atoms. The fraction of sp³-hybridized carbons (Fsp3) is 0.286. The molecule has 0 amide bonds. The molecule has 28 heavy (non-hydrogen) atoms. The second-order valence-corrected chi connectivity index (χ2v) is 8.05. The van der Waals surface area contributed by atoms with Crippen LogP contribution >= 0.6 is 11.3 Å². The number of fused-ring (bicyclic) bond motifs is 4. The molecule has 0 saturated heterocycles. The fourth-order valence-corrected chi connectivity index (χ4v) is 4.64. The van der Waals surface area contributed by atoms with Crippen LogP contribution in [0.5, 0.6) is 17.4 Å². The molecule has 0 aliphatic carbocycles. The van der Waals surface area contributed by atoms with E-state index in [9.17, 15) is 0 Å². The first-order chi connectivity index (χ1) is 13.5. The van der Waals surface area contributed by atoms with E-state index in [2.05, 4.69) is 16.0 Å². The molecule has 1 aliphatic rings. The van der Waals surface area contributed by atoms with Crippen molar-refractivity contribution in [2.45, 2.75) is 26.9 Å². The van der Waals surface area contributed by atoms with E-state index >= 15 is 0 Å². The molecule has 142 valence electrons. The summed E-state index contributed by atoms with van der Waals surface area (Å²) in [7, 11) is 1.59. The first kappa shape index (κ1) is 17.2. The maximum atomic E-state index is 6.00. The van der Waals surface area contributed by atoms with Crippen molar-refractivity contribution in [2.75, 3.05) is 13.7 Å². The molecule has 0 fully saturated rings. The first-order valence-corrected chi connectivity index (χ1v) is 9.90. The summed E-state index contributed by atoms with van der Waals surface area (Å²) >= 11 is 1.60. The largest absolute Gasteiger partial charge is 0.484 e. The van der Waals surface area contributed by atoms with E-state index in [1.54, 1.807) is 24.6 Å². The minimum absolute atomic E-state index is 0.0442. The van der Waals surface area contributed by atoms with Gasteiger partial charge in [0.25, 0.3) is 0 Å². The van der Waals surface area contributed by atoms with Gasteiger partial charge in [0, 0.05) is 5.56 Å². The van der Waals surface area contributed by atoms with Gasteiger partial charge in [0.15, 0.2) is 11.5 Å². The zero-order chi connectivity index (χ0) is 19.4. The van der Waals surface area contributed by atoms with Gasteiger partial charge in [-0.05, 0) is 50.1 Å². The summed E-state index contributed by atoms with van der Waals surface area (Å²) in [6.45, 7) is 6.64. The van der Waals surface area contributed by atoms with Crippen molar-refractivity contribution >= 4 is 32.6 Å². The van der Waals surface area contributed by atoms with Crippen molar-refractivity contribution in [3.05, 3.63) is 35.5 Å². The van der Waals surface area contributed by atoms with E-state index in [1.807, 2.05) is 32.9 Å². The van der Waals surface area contributed by atoms with Crippen molar-refractivity contribution in [3.63, 3.8) is 0 Å². The molecule has 1 unspecified atom stereocenters. The van der Waals surface area contributed by atoms with E-state index in [1.165, 1.54) is 0 Å². The molecule has 0 bridgehead atoms. The van der Waals surface area contributed by atoms with E-state index in [-0.39, 0.29) is 6.10 Å². The average Bonchev–Trinajstić information content (AvgIpc) is 3.12. The summed E-state index contributed by atoms with van der Waals surface area (Å²) < 4.78 is 18.2. The molecule has 1 atom stereocenters. The topological polar surface area (TPSA) is 66.4 Å². The number of aromatic nitrogens is 3. The first-order valence-electron chi connectivity index (χ1n) is 9.09. The van der Waals surface area contributed by atoms with Crippen LogP contribution in [-0.4, -0.2) is 34.8 Å². The van der Waals surface area contributed by atoms with Crippen LogP contribution < -0.4 is 14.2 Å². The molecule has 0 saturated carbocycles. The second-order valence-electron chi connectivity index (χ2n) is 7.05. The molecule has 2 aromatic heterocycles. The molecule has 3 heterocycles. The Balaban J connectivity index is 1.75. The SMILES string of the molecule is COc1cnc2c(-c3nc4c(C)cc5c(c4s3)OCC(C)O5)cc(C)cc2n1. The number of aryl methyl sites for hydroxylation is 2. The van der Waals surface area contributed by atoms with E-state index < -0.39 is 0 Å². The van der Waals surface area contributed by atoms with Gasteiger partial charge in [-0.1, -0.05) is 0 Å². The van der Waals surface area contributed by atoms with Gasteiger partial charge in [-0.2, -0.15) is 0 Å². The van der Waals surface area contributed by atoms with E-state index in [0.717, 1.165) is 54.4 Å². The van der Waals surface area contributed by atoms with Gasteiger partial charge >= 0.3 is 0 Å². The number of hydrogen-bond donors (Lipinski definition) is 0. The van der Waals surface area contributed by atoms with Crippen LogP contribution in [0.3, 0.4) is 0 Å². The van der Waals surface area contributed by atoms with Crippen molar-refractivity contribution in [1.82, 2.24) is 15.0 Å². The Bertz CT molecular complexity index is 1230. The van der Waals surface area contributed by atoms with Crippen molar-refractivity contribution in [3.8, 4) is 28.0 Å². The number of thiazole rings is 1. The Hall–Kier alpha value is -2.93. The zero-order valence-corrected chi connectivity index (χ0v) is 16.9. The highest BCUT2D eigenvalue weighted by atomic mass is 32.1. The molecule has 1 aliphatic heterocycles. The molecule has 7 heteroatoms. The lowest BCUT2D eigenvalue weighted by Gasteiger charge is -2.24. The third-order valence-corrected chi connectivity index (χ3v) is 5.86. The van der Waals surface area contributed by atoms with Crippen LogP contribution in [0.1, 0.15) is 18.1 Å². The lowest BCUT2D eigenvalue weighted by atomic mass is 10.1. The van der Waals surface area contributed by atoms with Gasteiger partial charge in [-0.25, -0.2) is 15.0 Å². The molecule has 2 aromatic carbocycles. The maximum absolute atomic E-state index is 6.00. The predicted octanol–water partition coefficient (Wildman–Crippen LogP) is 4.69. The van der Waals surface area contributed by atoms with E-state index in [0.29, 0.717) is 12.5 Å². The number of methoxy groups -OCH3 is 1. The molecule has 0 radical (unpaired) electrons. The van der Waals surface area contributed by atoms with Gasteiger partial charge in [0.05, 0.1) is 29.9 Å². The van der Waals surface area contributed by atoms with Crippen LogP contribution in [0, 0.1) is 13.8 Å². The van der Waals surface area contributed by atoms with Gasteiger partial charge in [0.2, 0.25) is 5.88 Å². The van der Waals surface area contributed by atoms with Crippen LogP contribution in [0.2, 0.25) is 0 Å². The number of nitrogens with zero attached hydrogens (tertiary/aromatic N) is 3. The Morgan fingerprint density at radius 3 is 2.82 bits per heavy atom. The molecule has 5 rings (SSSR count). The quantitative estimate of drug-likeness (QED) is 0.492. The Morgan fingerprint density at radius 1 is 1.14 bits per heavy atom. The van der Waals surface area contributed by atoms with Gasteiger partial charge in [-0.3, -0.25) is 0 Å². The molecule has 6 nitrogen and oxygen atoms in total. The summed E-state index contributed by atoms with van der Waals surface area (Å²) in [4.78, 5) is 14.0. The summed E-state index contributed by atoms with van der Waals surface area (Å²) in [6, 6.07) is 6.12. The van der Waals surface area contributed by atoms with Gasteiger partial charge in [0.1, 0.15) is 22.4 Å². The van der Waals surface area contributed by atoms with Gasteiger partial charge < -0.3 is 14.2 Å². The molecular weight excluding hydrogens is 374 g/mol. The Labute approximate surface area is 166 Å². The van der Waals surface area contributed by atoms with Crippen LogP contribution in [0.15, 0.2) is 24.4 Å². The van der Waals surface area contributed by atoms with Crippen molar-refractivity contribution in [2.24, 2.45) is 0 Å². The van der Waals surface area contributed by atoms with E-state index in [4.69, 9.17) is 19.2 Å². The van der Waals surface area contributed by atoms with Gasteiger partial charge in [-0.15, -0.1) is 11.3 Å². The fourth-order valence-electron chi connectivity index (χ4n) is 3.48. The molecular formula is C21H19N3O3S. The number of benzene rings is 2. The number of rotatable bonds is 2. The van der Waals surface area contributed by atoms with Crippen molar-refractivity contribution < 1.29 is 14.2 Å². The monoisotopic (exact) mass is 393 g/mol. The standard InChI is InChI=1S/C21H19N3O3S/c1-10-5-13(18-14(6-10)23-16(25-4)8-22-18)21-24-17-11(2)7-15-19(20(17)28-21)26-9-12(3)27-15/h5-8,12H,9H2,1-4H3. The Morgan fingerprint density at radius 2 is 2.00 bits per heavy atom. The minimum atomic E-state index is 0.0442. The van der Waals surface area contributed by atoms with Crippen molar-refractivity contribution in [1.29, 1.82) is 0 Å². The highest BCUT2D eigenvalue weighted by Crippen LogP contribution is 2.45. The summed E-state index contributed by atoms with van der Waals surface area (Å²) in [5, 5.41) is 0.891. The third-order valence-electron chi connectivity index (χ3n) is 4.78. The zero-order valence-electron chi connectivity index (χ0n) is 16.1. The highest BCUT2D eigenvalue weighted by molar-refractivity contribution is 7.22. The Kier molecular flexibility index (Phi) is 3.87.